The highest BCUT2D eigenvalue weighted by molar-refractivity contribution is 7.13. The molecule has 0 aliphatic carbocycles. The molecular formula is C20H16Cl2N4O2S. The molecule has 2 heterocycles. The summed E-state index contributed by atoms with van der Waals surface area (Å²) in [6.45, 7) is 0.609. The van der Waals surface area contributed by atoms with E-state index in [9.17, 15) is 9.59 Å². The zero-order valence-corrected chi connectivity index (χ0v) is 17.5. The molecule has 29 heavy (non-hydrogen) atoms. The van der Waals surface area contributed by atoms with Crippen molar-refractivity contribution in [1.29, 1.82) is 0 Å². The fourth-order valence-electron chi connectivity index (χ4n) is 3.27. The van der Waals surface area contributed by atoms with Gasteiger partial charge in [0.25, 0.3) is 11.8 Å². The molecule has 0 saturated carbocycles. The van der Waals surface area contributed by atoms with Gasteiger partial charge in [0, 0.05) is 17.3 Å². The van der Waals surface area contributed by atoms with Crippen molar-refractivity contribution < 1.29 is 9.59 Å². The van der Waals surface area contributed by atoms with Gasteiger partial charge in [-0.2, -0.15) is 0 Å². The summed E-state index contributed by atoms with van der Waals surface area (Å²) in [4.78, 5) is 27.2. The Labute approximate surface area is 181 Å². The van der Waals surface area contributed by atoms with Crippen molar-refractivity contribution in [2.45, 2.75) is 18.9 Å². The van der Waals surface area contributed by atoms with Crippen molar-refractivity contribution in [2.24, 2.45) is 0 Å². The summed E-state index contributed by atoms with van der Waals surface area (Å²) in [5, 5.41) is 12.8. The van der Waals surface area contributed by atoms with E-state index in [-0.39, 0.29) is 22.9 Å². The molecular weight excluding hydrogens is 431 g/mol. The Morgan fingerprint density at radius 2 is 1.93 bits per heavy atom. The Balaban J connectivity index is 1.51. The fourth-order valence-corrected chi connectivity index (χ4v) is 4.56. The first-order chi connectivity index (χ1) is 14.0. The van der Waals surface area contributed by atoms with Crippen LogP contribution in [-0.2, 0) is 0 Å². The number of carbonyl (C=O) groups excluding carboxylic acids is 2. The molecule has 0 spiro atoms. The quantitative estimate of drug-likeness (QED) is 0.606. The number of benzene rings is 2. The average molecular weight is 447 g/mol. The van der Waals surface area contributed by atoms with Gasteiger partial charge in [-0.3, -0.25) is 9.59 Å². The van der Waals surface area contributed by atoms with E-state index in [1.165, 1.54) is 11.3 Å². The molecule has 9 heteroatoms. The summed E-state index contributed by atoms with van der Waals surface area (Å²) < 4.78 is 0. The van der Waals surface area contributed by atoms with Crippen LogP contribution in [0.25, 0.3) is 0 Å². The number of hydrogen-bond acceptors (Lipinski definition) is 5. The first-order valence-electron chi connectivity index (χ1n) is 8.99. The first-order valence-corrected chi connectivity index (χ1v) is 10.6. The van der Waals surface area contributed by atoms with Gasteiger partial charge < -0.3 is 10.2 Å². The number of nitrogens with one attached hydrogen (secondary N) is 1. The molecule has 3 aromatic rings. The maximum atomic E-state index is 13.0. The van der Waals surface area contributed by atoms with E-state index in [1.54, 1.807) is 53.4 Å². The third-order valence-corrected chi connectivity index (χ3v) is 6.21. The van der Waals surface area contributed by atoms with Gasteiger partial charge in [-0.25, -0.2) is 0 Å². The smallest absolute Gasteiger partial charge is 0.286 e. The number of halogens is 2. The van der Waals surface area contributed by atoms with Crippen LogP contribution < -0.4 is 5.32 Å². The Morgan fingerprint density at radius 3 is 2.72 bits per heavy atom. The second-order valence-electron chi connectivity index (χ2n) is 6.55. The molecule has 2 amide bonds. The van der Waals surface area contributed by atoms with E-state index in [0.717, 1.165) is 12.8 Å². The van der Waals surface area contributed by atoms with Crippen LogP contribution in [0.1, 0.15) is 44.1 Å². The normalized spacial score (nSPS) is 16.1. The third-order valence-electron chi connectivity index (χ3n) is 4.62. The number of aromatic nitrogens is 2. The van der Waals surface area contributed by atoms with Gasteiger partial charge in [0.2, 0.25) is 5.01 Å². The molecule has 1 aromatic heterocycles. The molecule has 1 aliphatic heterocycles. The minimum Gasteiger partial charge on any atom is -0.329 e. The molecule has 0 radical (unpaired) electrons. The zero-order valence-electron chi connectivity index (χ0n) is 15.1. The van der Waals surface area contributed by atoms with Crippen LogP contribution in [-0.4, -0.2) is 33.5 Å². The largest absolute Gasteiger partial charge is 0.329 e. The first kappa shape index (κ1) is 19.8. The summed E-state index contributed by atoms with van der Waals surface area (Å²) in [5.41, 5.74) is 1.04. The lowest BCUT2D eigenvalue weighted by atomic mass is 10.1. The van der Waals surface area contributed by atoms with Crippen LogP contribution in [0.4, 0.5) is 5.69 Å². The predicted octanol–water partition coefficient (Wildman–Crippen LogP) is 5.07. The van der Waals surface area contributed by atoms with Crippen molar-refractivity contribution >= 4 is 52.0 Å². The molecule has 0 bridgehead atoms. The second kappa shape index (κ2) is 8.49. The highest BCUT2D eigenvalue weighted by Gasteiger charge is 2.34. The SMILES string of the molecule is O=C(Nc1cccc(Cl)c1)c1nnc([C@H]2CCCN2C(=O)c2ccccc2Cl)s1. The van der Waals surface area contributed by atoms with Crippen molar-refractivity contribution in [3.05, 3.63) is 74.2 Å². The van der Waals surface area contributed by atoms with E-state index in [1.807, 2.05) is 0 Å². The lowest BCUT2D eigenvalue weighted by Crippen LogP contribution is -2.30. The van der Waals surface area contributed by atoms with Gasteiger partial charge in [-0.15, -0.1) is 10.2 Å². The fraction of sp³-hybridized carbons (Fsp3) is 0.200. The van der Waals surface area contributed by atoms with Gasteiger partial charge in [0.05, 0.1) is 16.6 Å². The average Bonchev–Trinajstić information content (AvgIpc) is 3.37. The van der Waals surface area contributed by atoms with Crippen molar-refractivity contribution in [2.75, 3.05) is 11.9 Å². The van der Waals surface area contributed by atoms with E-state index in [0.29, 0.717) is 32.8 Å². The number of amides is 2. The standard InChI is InChI=1S/C20H16Cl2N4O2S/c21-12-5-3-6-13(11-12)23-17(27)19-25-24-18(29-19)16-9-4-10-26(16)20(28)14-7-1-2-8-15(14)22/h1-3,5-8,11,16H,4,9-10H2,(H,23,27)/t16-/m1/s1. The van der Waals surface area contributed by atoms with Crippen LogP contribution in [0.15, 0.2) is 48.5 Å². The van der Waals surface area contributed by atoms with Gasteiger partial charge in [-0.05, 0) is 43.2 Å². The van der Waals surface area contributed by atoms with Crippen LogP contribution in [0.2, 0.25) is 10.0 Å². The molecule has 6 nitrogen and oxygen atoms in total. The molecule has 1 saturated heterocycles. The van der Waals surface area contributed by atoms with Crippen LogP contribution in [0.3, 0.4) is 0 Å². The summed E-state index contributed by atoms with van der Waals surface area (Å²) >= 11 is 13.3. The number of rotatable bonds is 4. The summed E-state index contributed by atoms with van der Waals surface area (Å²) in [7, 11) is 0. The number of anilines is 1. The minimum atomic E-state index is -0.363. The molecule has 2 aromatic carbocycles. The van der Waals surface area contributed by atoms with Crippen molar-refractivity contribution in [1.82, 2.24) is 15.1 Å². The van der Waals surface area contributed by atoms with Crippen molar-refractivity contribution in [3.8, 4) is 0 Å². The van der Waals surface area contributed by atoms with Crippen LogP contribution >= 0.6 is 34.5 Å². The third kappa shape index (κ3) is 4.27. The van der Waals surface area contributed by atoms with E-state index >= 15 is 0 Å². The second-order valence-corrected chi connectivity index (χ2v) is 8.40. The monoisotopic (exact) mass is 446 g/mol. The molecule has 0 unspecified atom stereocenters. The number of carbonyl (C=O) groups is 2. The Hall–Kier alpha value is -2.48. The Morgan fingerprint density at radius 1 is 1.10 bits per heavy atom. The maximum absolute atomic E-state index is 13.0. The number of hydrogen-bond donors (Lipinski definition) is 1. The van der Waals surface area contributed by atoms with Gasteiger partial charge in [0.15, 0.2) is 0 Å². The van der Waals surface area contributed by atoms with E-state index < -0.39 is 0 Å². The highest BCUT2D eigenvalue weighted by atomic mass is 35.5. The van der Waals surface area contributed by atoms with Crippen LogP contribution in [0.5, 0.6) is 0 Å². The van der Waals surface area contributed by atoms with Gasteiger partial charge in [-0.1, -0.05) is 52.7 Å². The van der Waals surface area contributed by atoms with Crippen LogP contribution in [0, 0.1) is 0 Å². The van der Waals surface area contributed by atoms with E-state index in [4.69, 9.17) is 23.2 Å². The highest BCUT2D eigenvalue weighted by Crippen LogP contribution is 2.35. The number of likely N-dealkylation sites (tertiary alicyclic amines) is 1. The predicted molar refractivity (Wildman–Crippen MR) is 114 cm³/mol. The lowest BCUT2D eigenvalue weighted by molar-refractivity contribution is 0.0735. The topological polar surface area (TPSA) is 75.2 Å². The molecule has 148 valence electrons. The minimum absolute atomic E-state index is 0.141. The van der Waals surface area contributed by atoms with Gasteiger partial charge >= 0.3 is 0 Å². The Bertz CT molecular complexity index is 1070. The molecule has 1 N–H and O–H groups in total. The molecule has 4 rings (SSSR count). The lowest BCUT2D eigenvalue weighted by Gasteiger charge is -2.23. The number of nitrogens with zero attached hydrogens (tertiary/aromatic N) is 3. The zero-order chi connectivity index (χ0) is 20.4. The Kier molecular flexibility index (Phi) is 5.80. The maximum Gasteiger partial charge on any atom is 0.286 e. The summed E-state index contributed by atoms with van der Waals surface area (Å²) in [6.07, 6.45) is 1.62. The van der Waals surface area contributed by atoms with E-state index in [2.05, 4.69) is 15.5 Å². The summed E-state index contributed by atoms with van der Waals surface area (Å²) in [5.74, 6) is -0.503. The summed E-state index contributed by atoms with van der Waals surface area (Å²) in [6, 6.07) is 13.6. The molecule has 1 aliphatic rings. The molecule has 1 atom stereocenters. The van der Waals surface area contributed by atoms with Crippen molar-refractivity contribution in [3.63, 3.8) is 0 Å². The van der Waals surface area contributed by atoms with Gasteiger partial charge in [0.1, 0.15) is 5.01 Å². The molecule has 1 fully saturated rings.